The number of benzene rings is 1. The molecule has 0 heterocycles. The molecule has 0 aliphatic rings. The summed E-state index contributed by atoms with van der Waals surface area (Å²) >= 11 is 0. The maximum atomic E-state index is 11.6. The first-order valence-electron chi connectivity index (χ1n) is 6.22. The molecule has 1 atom stereocenters. The predicted molar refractivity (Wildman–Crippen MR) is 74.5 cm³/mol. The fourth-order valence-corrected chi connectivity index (χ4v) is 1.53. The van der Waals surface area contributed by atoms with Gasteiger partial charge in [-0.25, -0.2) is 4.79 Å². The second kappa shape index (κ2) is 7.36. The minimum Gasteiger partial charge on any atom is -0.467 e. The molecule has 102 valence electrons. The number of aryl methyl sites for hydroxylation is 1. The lowest BCUT2D eigenvalue weighted by atomic mass is 10.1. The van der Waals surface area contributed by atoms with Crippen LogP contribution in [0.2, 0.25) is 0 Å². The maximum Gasteiger partial charge on any atom is 0.328 e. The fourth-order valence-electron chi connectivity index (χ4n) is 1.53. The van der Waals surface area contributed by atoms with Gasteiger partial charge in [-0.05, 0) is 30.5 Å². The summed E-state index contributed by atoms with van der Waals surface area (Å²) in [5.41, 5.74) is 2.19. The molecule has 0 saturated carbocycles. The summed E-state index contributed by atoms with van der Waals surface area (Å²) in [6, 6.07) is 7.30. The van der Waals surface area contributed by atoms with E-state index >= 15 is 0 Å². The molecule has 0 radical (unpaired) electrons. The highest BCUT2D eigenvalue weighted by molar-refractivity contribution is 5.94. The predicted octanol–water partition coefficient (Wildman–Crippen LogP) is 1.94. The van der Waals surface area contributed by atoms with Gasteiger partial charge in [0.05, 0.1) is 7.11 Å². The molecule has 1 N–H and O–H groups in total. The Bertz CT molecular complexity index is 463. The van der Waals surface area contributed by atoms with Crippen LogP contribution >= 0.6 is 0 Å². The van der Waals surface area contributed by atoms with E-state index in [1.807, 2.05) is 24.3 Å². The van der Waals surface area contributed by atoms with E-state index < -0.39 is 12.0 Å². The lowest BCUT2D eigenvalue weighted by Gasteiger charge is -2.09. The van der Waals surface area contributed by atoms with Crippen molar-refractivity contribution in [1.29, 1.82) is 0 Å². The van der Waals surface area contributed by atoms with E-state index in [1.54, 1.807) is 13.0 Å². The van der Waals surface area contributed by atoms with Gasteiger partial charge in [0.25, 0.3) is 0 Å². The van der Waals surface area contributed by atoms with Crippen LogP contribution in [0.15, 0.2) is 30.3 Å². The van der Waals surface area contributed by atoms with E-state index in [0.717, 1.165) is 12.0 Å². The minimum atomic E-state index is -0.649. The van der Waals surface area contributed by atoms with Crippen molar-refractivity contribution in [2.45, 2.75) is 26.3 Å². The summed E-state index contributed by atoms with van der Waals surface area (Å²) < 4.78 is 4.52. The molecule has 0 unspecified atom stereocenters. The maximum absolute atomic E-state index is 11.6. The number of amides is 1. The van der Waals surface area contributed by atoms with Crippen LogP contribution in [0.25, 0.3) is 6.08 Å². The number of rotatable bonds is 5. The van der Waals surface area contributed by atoms with Crippen molar-refractivity contribution in [3.63, 3.8) is 0 Å². The Hall–Kier alpha value is -2.10. The number of carbonyl (C=O) groups excluding carboxylic acids is 2. The summed E-state index contributed by atoms with van der Waals surface area (Å²) in [6.07, 6.45) is 4.10. The standard InChI is InChI=1S/C15H19NO3/c1-4-12-5-7-13(8-6-12)9-10-14(17)16-11(2)15(18)19-3/h5-11H,4H2,1-3H3,(H,16,17)/b10-9+/t11-/m1/s1. The zero-order chi connectivity index (χ0) is 14.3. The molecule has 0 aliphatic carbocycles. The average Bonchev–Trinajstić information content (AvgIpc) is 2.44. The molecule has 0 aromatic heterocycles. The highest BCUT2D eigenvalue weighted by Crippen LogP contribution is 2.06. The van der Waals surface area contributed by atoms with Crippen molar-refractivity contribution in [2.75, 3.05) is 7.11 Å². The van der Waals surface area contributed by atoms with Crippen molar-refractivity contribution in [1.82, 2.24) is 5.32 Å². The lowest BCUT2D eigenvalue weighted by molar-refractivity contribution is -0.144. The summed E-state index contributed by atoms with van der Waals surface area (Å²) in [6.45, 7) is 3.67. The van der Waals surface area contributed by atoms with Gasteiger partial charge in [-0.3, -0.25) is 4.79 Å². The SMILES string of the molecule is CCc1ccc(/C=C/C(=O)N[C@H](C)C(=O)OC)cc1. The number of hydrogen-bond donors (Lipinski definition) is 1. The minimum absolute atomic E-state index is 0.322. The van der Waals surface area contributed by atoms with Crippen LogP contribution < -0.4 is 5.32 Å². The van der Waals surface area contributed by atoms with Crippen LogP contribution in [0.3, 0.4) is 0 Å². The molecule has 4 nitrogen and oxygen atoms in total. The number of esters is 1. The Kier molecular flexibility index (Phi) is 5.79. The molecule has 1 aromatic carbocycles. The van der Waals surface area contributed by atoms with Gasteiger partial charge in [0.1, 0.15) is 6.04 Å². The summed E-state index contributed by atoms with van der Waals surface area (Å²) in [5.74, 6) is -0.786. The van der Waals surface area contributed by atoms with Gasteiger partial charge in [0, 0.05) is 6.08 Å². The number of nitrogens with one attached hydrogen (secondary N) is 1. The molecule has 1 amide bonds. The third-order valence-electron chi connectivity index (χ3n) is 2.73. The van der Waals surface area contributed by atoms with Crippen molar-refractivity contribution >= 4 is 18.0 Å². The van der Waals surface area contributed by atoms with Gasteiger partial charge in [0.15, 0.2) is 0 Å². The van der Waals surface area contributed by atoms with Gasteiger partial charge in [-0.2, -0.15) is 0 Å². The first-order valence-corrected chi connectivity index (χ1v) is 6.22. The highest BCUT2D eigenvalue weighted by atomic mass is 16.5. The largest absolute Gasteiger partial charge is 0.467 e. The molecule has 1 aromatic rings. The van der Waals surface area contributed by atoms with E-state index in [9.17, 15) is 9.59 Å². The number of hydrogen-bond acceptors (Lipinski definition) is 3. The van der Waals surface area contributed by atoms with Crippen LogP contribution in [0, 0.1) is 0 Å². The second-order valence-corrected chi connectivity index (χ2v) is 4.18. The van der Waals surface area contributed by atoms with E-state index in [2.05, 4.69) is 17.0 Å². The fraction of sp³-hybridized carbons (Fsp3) is 0.333. The molecule has 0 bridgehead atoms. The summed E-state index contributed by atoms with van der Waals surface area (Å²) in [4.78, 5) is 22.7. The van der Waals surface area contributed by atoms with E-state index in [1.165, 1.54) is 18.7 Å². The Morgan fingerprint density at radius 2 is 1.95 bits per heavy atom. The topological polar surface area (TPSA) is 55.4 Å². The zero-order valence-corrected chi connectivity index (χ0v) is 11.5. The molecule has 1 rings (SSSR count). The van der Waals surface area contributed by atoms with Crippen molar-refractivity contribution in [3.8, 4) is 0 Å². The monoisotopic (exact) mass is 261 g/mol. The molecular formula is C15H19NO3. The molecule has 4 heteroatoms. The molecule has 0 aliphatic heterocycles. The zero-order valence-electron chi connectivity index (χ0n) is 11.5. The van der Waals surface area contributed by atoms with E-state index in [4.69, 9.17) is 0 Å². The van der Waals surface area contributed by atoms with Crippen LogP contribution in [0.5, 0.6) is 0 Å². The number of carbonyl (C=O) groups is 2. The molecule has 0 spiro atoms. The lowest BCUT2D eigenvalue weighted by Crippen LogP contribution is -2.38. The van der Waals surface area contributed by atoms with Gasteiger partial charge < -0.3 is 10.1 Å². The van der Waals surface area contributed by atoms with E-state index in [-0.39, 0.29) is 5.91 Å². The third kappa shape index (κ3) is 4.95. The van der Waals surface area contributed by atoms with Crippen LogP contribution in [0.1, 0.15) is 25.0 Å². The Morgan fingerprint density at radius 3 is 2.47 bits per heavy atom. The van der Waals surface area contributed by atoms with Crippen molar-refractivity contribution in [2.24, 2.45) is 0 Å². The summed E-state index contributed by atoms with van der Waals surface area (Å²) in [7, 11) is 1.29. The number of ether oxygens (including phenoxy) is 1. The average molecular weight is 261 g/mol. The Balaban J connectivity index is 2.55. The van der Waals surface area contributed by atoms with Crippen molar-refractivity contribution < 1.29 is 14.3 Å². The van der Waals surface area contributed by atoms with Crippen LogP contribution in [-0.4, -0.2) is 25.0 Å². The number of methoxy groups -OCH3 is 1. The second-order valence-electron chi connectivity index (χ2n) is 4.18. The van der Waals surface area contributed by atoms with Gasteiger partial charge >= 0.3 is 5.97 Å². The van der Waals surface area contributed by atoms with E-state index in [0.29, 0.717) is 0 Å². The molecular weight excluding hydrogens is 242 g/mol. The third-order valence-corrected chi connectivity index (χ3v) is 2.73. The first kappa shape index (κ1) is 15.0. The Morgan fingerprint density at radius 1 is 1.32 bits per heavy atom. The van der Waals surface area contributed by atoms with Crippen LogP contribution in [0.4, 0.5) is 0 Å². The van der Waals surface area contributed by atoms with Crippen LogP contribution in [-0.2, 0) is 20.7 Å². The quantitative estimate of drug-likeness (QED) is 0.651. The van der Waals surface area contributed by atoms with Gasteiger partial charge in [-0.15, -0.1) is 0 Å². The highest BCUT2D eigenvalue weighted by Gasteiger charge is 2.13. The smallest absolute Gasteiger partial charge is 0.328 e. The first-order chi connectivity index (χ1) is 9.06. The van der Waals surface area contributed by atoms with Crippen molar-refractivity contribution in [3.05, 3.63) is 41.5 Å². The molecule has 0 fully saturated rings. The normalized spacial score (nSPS) is 12.2. The Labute approximate surface area is 113 Å². The summed E-state index contributed by atoms with van der Waals surface area (Å²) in [5, 5.41) is 2.52. The van der Waals surface area contributed by atoms with Gasteiger partial charge in [-0.1, -0.05) is 31.2 Å². The van der Waals surface area contributed by atoms with Gasteiger partial charge in [0.2, 0.25) is 5.91 Å². The molecule has 19 heavy (non-hydrogen) atoms. The molecule has 0 saturated heterocycles.